The van der Waals surface area contributed by atoms with Crippen LogP contribution in [-0.4, -0.2) is 42.0 Å². The Hall–Kier alpha value is -3.61. The van der Waals surface area contributed by atoms with Gasteiger partial charge in [-0.2, -0.15) is 0 Å². The van der Waals surface area contributed by atoms with Crippen molar-refractivity contribution in [2.24, 2.45) is 0 Å². The molecular formula is C23H25N3O4. The fraction of sp³-hybridized carbons (Fsp3) is 0.261. The van der Waals surface area contributed by atoms with Gasteiger partial charge in [-0.05, 0) is 44.2 Å². The molecule has 0 aliphatic carbocycles. The second-order valence-corrected chi connectivity index (χ2v) is 6.43. The molecule has 0 saturated carbocycles. The molecule has 7 heteroatoms. The average Bonchev–Trinajstić information content (AvgIpc) is 2.79. The highest BCUT2D eigenvalue weighted by Gasteiger charge is 2.14. The van der Waals surface area contributed by atoms with E-state index in [1.807, 2.05) is 43.3 Å². The zero-order valence-corrected chi connectivity index (χ0v) is 17.1. The van der Waals surface area contributed by atoms with Gasteiger partial charge in [0.25, 0.3) is 5.91 Å². The Balaban J connectivity index is 1.38. The molecule has 1 amide bonds. The van der Waals surface area contributed by atoms with Crippen LogP contribution in [0.5, 0.6) is 17.4 Å². The van der Waals surface area contributed by atoms with Gasteiger partial charge in [-0.15, -0.1) is 10.2 Å². The Bertz CT molecular complexity index is 915. The van der Waals surface area contributed by atoms with Crippen LogP contribution in [0.1, 0.15) is 13.8 Å². The summed E-state index contributed by atoms with van der Waals surface area (Å²) in [5.74, 6) is 1.55. The van der Waals surface area contributed by atoms with Crippen LogP contribution in [0.4, 0.5) is 0 Å². The normalized spacial score (nSPS) is 11.4. The van der Waals surface area contributed by atoms with Gasteiger partial charge in [0.2, 0.25) is 5.88 Å². The van der Waals surface area contributed by atoms with E-state index in [-0.39, 0.29) is 12.5 Å². The van der Waals surface area contributed by atoms with Crippen LogP contribution >= 0.6 is 0 Å². The van der Waals surface area contributed by atoms with E-state index in [9.17, 15) is 4.79 Å². The molecule has 7 nitrogen and oxygen atoms in total. The third-order valence-corrected chi connectivity index (χ3v) is 4.18. The number of ether oxygens (including phenoxy) is 3. The number of carbonyl (C=O) groups excluding carboxylic acids is 1. The number of nitrogens with zero attached hydrogens (tertiary/aromatic N) is 2. The third kappa shape index (κ3) is 6.20. The van der Waals surface area contributed by atoms with Crippen LogP contribution in [0.3, 0.4) is 0 Å². The van der Waals surface area contributed by atoms with E-state index in [2.05, 4.69) is 15.5 Å². The Labute approximate surface area is 176 Å². The summed E-state index contributed by atoms with van der Waals surface area (Å²) in [4.78, 5) is 12.2. The molecule has 0 spiro atoms. The zero-order chi connectivity index (χ0) is 21.2. The maximum absolute atomic E-state index is 12.2. The number of nitrogens with one attached hydrogen (secondary N) is 1. The molecule has 3 rings (SSSR count). The molecule has 0 radical (unpaired) electrons. The maximum Gasteiger partial charge on any atom is 0.260 e. The molecule has 0 saturated heterocycles. The number of amides is 1. The fourth-order valence-electron chi connectivity index (χ4n) is 2.67. The highest BCUT2D eigenvalue weighted by molar-refractivity contribution is 5.80. The highest BCUT2D eigenvalue weighted by Crippen LogP contribution is 2.19. The van der Waals surface area contributed by atoms with Crippen molar-refractivity contribution in [2.75, 3.05) is 19.8 Å². The molecule has 0 aliphatic rings. The number of carbonyl (C=O) groups is 1. The number of aromatic nitrogens is 2. The van der Waals surface area contributed by atoms with E-state index >= 15 is 0 Å². The van der Waals surface area contributed by atoms with Gasteiger partial charge in [-0.1, -0.05) is 30.3 Å². The van der Waals surface area contributed by atoms with Crippen molar-refractivity contribution in [2.45, 2.75) is 20.0 Å². The minimum atomic E-state index is -0.632. The van der Waals surface area contributed by atoms with Gasteiger partial charge in [0.1, 0.15) is 18.1 Å². The van der Waals surface area contributed by atoms with E-state index < -0.39 is 6.10 Å². The Kier molecular flexibility index (Phi) is 7.60. The summed E-state index contributed by atoms with van der Waals surface area (Å²) >= 11 is 0. The SMILES string of the molecule is CCOc1ccc(OC(C)C(=O)NCCOc2ccc(-c3ccccc3)nn2)cc1. The molecule has 0 fully saturated rings. The minimum Gasteiger partial charge on any atom is -0.494 e. The molecule has 1 atom stereocenters. The molecule has 1 unspecified atom stereocenters. The van der Waals surface area contributed by atoms with Gasteiger partial charge in [-0.25, -0.2) is 0 Å². The summed E-state index contributed by atoms with van der Waals surface area (Å²) < 4.78 is 16.6. The first-order valence-electron chi connectivity index (χ1n) is 9.85. The molecule has 30 heavy (non-hydrogen) atoms. The van der Waals surface area contributed by atoms with Crippen LogP contribution < -0.4 is 19.5 Å². The van der Waals surface area contributed by atoms with Gasteiger partial charge in [0.05, 0.1) is 18.8 Å². The van der Waals surface area contributed by atoms with E-state index in [0.717, 1.165) is 17.0 Å². The van der Waals surface area contributed by atoms with Crippen molar-refractivity contribution in [3.05, 3.63) is 66.7 Å². The van der Waals surface area contributed by atoms with E-state index in [4.69, 9.17) is 14.2 Å². The number of hydrogen-bond donors (Lipinski definition) is 1. The van der Waals surface area contributed by atoms with Gasteiger partial charge in [0, 0.05) is 11.6 Å². The maximum atomic E-state index is 12.2. The van der Waals surface area contributed by atoms with Crippen LogP contribution in [0.2, 0.25) is 0 Å². The van der Waals surface area contributed by atoms with Crippen LogP contribution in [-0.2, 0) is 4.79 Å². The lowest BCUT2D eigenvalue weighted by Crippen LogP contribution is -2.38. The predicted molar refractivity (Wildman–Crippen MR) is 114 cm³/mol. The summed E-state index contributed by atoms with van der Waals surface area (Å²) in [6.07, 6.45) is -0.632. The molecule has 3 aromatic rings. The third-order valence-electron chi connectivity index (χ3n) is 4.18. The summed E-state index contributed by atoms with van der Waals surface area (Å²) in [6, 6.07) is 20.6. The molecule has 0 bridgehead atoms. The summed E-state index contributed by atoms with van der Waals surface area (Å²) in [5.41, 5.74) is 1.77. The smallest absolute Gasteiger partial charge is 0.260 e. The van der Waals surface area contributed by atoms with E-state index in [0.29, 0.717) is 24.8 Å². The van der Waals surface area contributed by atoms with Crippen LogP contribution in [0, 0.1) is 0 Å². The first-order valence-corrected chi connectivity index (χ1v) is 9.85. The van der Waals surface area contributed by atoms with Crippen LogP contribution in [0.25, 0.3) is 11.3 Å². The lowest BCUT2D eigenvalue weighted by molar-refractivity contribution is -0.127. The zero-order valence-electron chi connectivity index (χ0n) is 17.1. The van der Waals surface area contributed by atoms with Crippen LogP contribution in [0.15, 0.2) is 66.7 Å². The molecule has 0 aliphatic heterocycles. The van der Waals surface area contributed by atoms with Crippen molar-refractivity contribution in [1.82, 2.24) is 15.5 Å². The molecule has 1 N–H and O–H groups in total. The number of rotatable bonds is 10. The molecule has 156 valence electrons. The largest absolute Gasteiger partial charge is 0.494 e. The number of benzene rings is 2. The van der Waals surface area contributed by atoms with Crippen molar-refractivity contribution in [3.63, 3.8) is 0 Å². The molecule has 1 heterocycles. The van der Waals surface area contributed by atoms with E-state index in [1.165, 1.54) is 0 Å². The topological polar surface area (TPSA) is 82.6 Å². The predicted octanol–water partition coefficient (Wildman–Crippen LogP) is 3.50. The highest BCUT2D eigenvalue weighted by atomic mass is 16.5. The lowest BCUT2D eigenvalue weighted by atomic mass is 10.1. The molecular weight excluding hydrogens is 382 g/mol. The van der Waals surface area contributed by atoms with E-state index in [1.54, 1.807) is 37.3 Å². The Morgan fingerprint density at radius 2 is 1.67 bits per heavy atom. The average molecular weight is 407 g/mol. The standard InChI is InChI=1S/C23H25N3O4/c1-3-28-19-9-11-20(12-10-19)30-17(2)23(27)24-15-16-29-22-14-13-21(25-26-22)18-7-5-4-6-8-18/h4-14,17H,3,15-16H2,1-2H3,(H,24,27). The van der Waals surface area contributed by atoms with Crippen molar-refractivity contribution >= 4 is 5.91 Å². The Morgan fingerprint density at radius 1 is 0.933 bits per heavy atom. The van der Waals surface area contributed by atoms with Crippen molar-refractivity contribution in [3.8, 4) is 28.6 Å². The van der Waals surface area contributed by atoms with Crippen molar-refractivity contribution in [1.29, 1.82) is 0 Å². The molecule has 2 aromatic carbocycles. The Morgan fingerprint density at radius 3 is 2.33 bits per heavy atom. The first-order chi connectivity index (χ1) is 14.7. The second-order valence-electron chi connectivity index (χ2n) is 6.43. The quantitative estimate of drug-likeness (QED) is 0.518. The second kappa shape index (κ2) is 10.8. The van der Waals surface area contributed by atoms with Gasteiger partial charge in [0.15, 0.2) is 6.10 Å². The first kappa shape index (κ1) is 21.1. The minimum absolute atomic E-state index is 0.224. The number of hydrogen-bond acceptors (Lipinski definition) is 6. The van der Waals surface area contributed by atoms with Gasteiger partial charge in [-0.3, -0.25) is 4.79 Å². The molecule has 1 aromatic heterocycles. The summed E-state index contributed by atoms with van der Waals surface area (Å²) in [6.45, 7) is 4.83. The van der Waals surface area contributed by atoms with Gasteiger partial charge >= 0.3 is 0 Å². The monoisotopic (exact) mass is 407 g/mol. The van der Waals surface area contributed by atoms with Crippen molar-refractivity contribution < 1.29 is 19.0 Å². The summed E-state index contributed by atoms with van der Waals surface area (Å²) in [5, 5.41) is 11.0. The lowest BCUT2D eigenvalue weighted by Gasteiger charge is -2.15. The summed E-state index contributed by atoms with van der Waals surface area (Å²) in [7, 11) is 0. The fourth-order valence-corrected chi connectivity index (χ4v) is 2.67. The van der Waals surface area contributed by atoms with Gasteiger partial charge < -0.3 is 19.5 Å².